The molecule has 3 amide bonds. The number of nitrogens with zero attached hydrogens (tertiary/aromatic N) is 1. The van der Waals surface area contributed by atoms with E-state index in [0.717, 1.165) is 11.1 Å². The summed E-state index contributed by atoms with van der Waals surface area (Å²) < 4.78 is 5.91. The van der Waals surface area contributed by atoms with Crippen molar-refractivity contribution >= 4 is 29.7 Å². The number of ether oxygens (including phenoxy) is 1. The first kappa shape index (κ1) is 22.9. The van der Waals surface area contributed by atoms with Crippen molar-refractivity contribution in [3.05, 3.63) is 83.6 Å². The molecule has 1 unspecified atom stereocenters. The van der Waals surface area contributed by atoms with Gasteiger partial charge in [0.25, 0.3) is 5.91 Å². The van der Waals surface area contributed by atoms with E-state index in [1.54, 1.807) is 19.9 Å². The monoisotopic (exact) mass is 466 g/mol. The number of hydrogen-bond acceptors (Lipinski definition) is 6. The molecule has 2 aliphatic rings. The van der Waals surface area contributed by atoms with Crippen molar-refractivity contribution in [2.75, 3.05) is 5.75 Å². The van der Waals surface area contributed by atoms with Gasteiger partial charge >= 0.3 is 12.0 Å². The maximum absolute atomic E-state index is 13.2. The largest absolute Gasteiger partial charge is 0.448 e. The number of nitrogens with one attached hydrogen (secondary N) is 2. The third kappa shape index (κ3) is 4.46. The van der Waals surface area contributed by atoms with Crippen LogP contribution in [0.15, 0.2) is 72.4 Å². The Kier molecular flexibility index (Phi) is 6.44. The Labute approximate surface area is 196 Å². The van der Waals surface area contributed by atoms with Crippen molar-refractivity contribution in [3.8, 4) is 0 Å². The van der Waals surface area contributed by atoms with Gasteiger partial charge in [-0.05, 0) is 31.1 Å². The lowest BCUT2D eigenvalue weighted by Gasteiger charge is -2.54. The smallest absolute Gasteiger partial charge is 0.355 e. The van der Waals surface area contributed by atoms with Gasteiger partial charge < -0.3 is 15.4 Å². The van der Waals surface area contributed by atoms with Gasteiger partial charge in [-0.3, -0.25) is 15.4 Å². The Balaban J connectivity index is 1.53. The molecule has 0 aromatic heterocycles. The van der Waals surface area contributed by atoms with E-state index in [1.165, 1.54) is 16.7 Å². The van der Waals surface area contributed by atoms with Gasteiger partial charge in [-0.1, -0.05) is 60.7 Å². The van der Waals surface area contributed by atoms with Crippen molar-refractivity contribution in [3.63, 3.8) is 0 Å². The van der Waals surface area contributed by atoms with E-state index in [4.69, 9.17) is 10.5 Å². The summed E-state index contributed by atoms with van der Waals surface area (Å²) in [6.45, 7) is 3.61. The van der Waals surface area contributed by atoms with E-state index in [9.17, 15) is 14.4 Å². The second kappa shape index (κ2) is 9.29. The van der Waals surface area contributed by atoms with Crippen LogP contribution in [0.2, 0.25) is 0 Å². The molecule has 9 heteroatoms. The highest BCUT2D eigenvalue weighted by molar-refractivity contribution is 8.00. The molecule has 1 fully saturated rings. The van der Waals surface area contributed by atoms with Crippen LogP contribution >= 0.6 is 11.8 Å². The lowest BCUT2D eigenvalue weighted by atomic mass is 9.97. The number of carbonyl (C=O) groups excluding carboxylic acids is 3. The molecule has 2 aromatic carbocycles. The van der Waals surface area contributed by atoms with Gasteiger partial charge in [-0.15, -0.1) is 11.8 Å². The Hall–Kier alpha value is -3.30. The maximum atomic E-state index is 13.2. The van der Waals surface area contributed by atoms with Gasteiger partial charge in [-0.25, -0.2) is 9.59 Å². The number of thioether (sulfide) groups is 1. The fourth-order valence-corrected chi connectivity index (χ4v) is 5.06. The average Bonchev–Trinajstić information content (AvgIpc) is 2.82. The quantitative estimate of drug-likeness (QED) is 0.342. The third-order valence-corrected chi connectivity index (χ3v) is 6.62. The summed E-state index contributed by atoms with van der Waals surface area (Å²) in [5.74, 6) is -0.732. The number of β-lactam (4-membered cyclic amide) rings is 1. The topological polar surface area (TPSA) is 114 Å². The molecule has 0 aliphatic carbocycles. The van der Waals surface area contributed by atoms with Crippen LogP contribution in [-0.4, -0.2) is 45.6 Å². The first-order valence-corrected chi connectivity index (χ1v) is 11.7. The van der Waals surface area contributed by atoms with Crippen molar-refractivity contribution in [1.29, 1.82) is 0 Å². The summed E-state index contributed by atoms with van der Waals surface area (Å²) in [5.41, 5.74) is 6.43. The van der Waals surface area contributed by atoms with E-state index in [1.807, 2.05) is 60.7 Å². The van der Waals surface area contributed by atoms with Crippen molar-refractivity contribution < 1.29 is 19.1 Å². The molecule has 0 radical (unpaired) electrons. The number of urea groups is 1. The summed E-state index contributed by atoms with van der Waals surface area (Å²) in [5, 5.41) is 4.62. The van der Waals surface area contributed by atoms with Crippen LogP contribution in [0.1, 0.15) is 31.1 Å². The van der Waals surface area contributed by atoms with E-state index in [2.05, 4.69) is 10.6 Å². The molecule has 172 valence electrons. The van der Waals surface area contributed by atoms with Crippen LogP contribution < -0.4 is 16.4 Å². The highest BCUT2D eigenvalue weighted by Gasteiger charge is 2.63. The number of rotatable bonds is 6. The Bertz CT molecular complexity index is 1040. The molecular formula is C24H26N4O4S. The first-order valence-electron chi connectivity index (χ1n) is 10.6. The van der Waals surface area contributed by atoms with Gasteiger partial charge in [0.2, 0.25) is 5.66 Å². The number of fused-ring (bicyclic) bond motifs is 1. The van der Waals surface area contributed by atoms with Crippen molar-refractivity contribution in [1.82, 2.24) is 15.5 Å². The lowest BCUT2D eigenvalue weighted by Crippen LogP contribution is -2.84. The van der Waals surface area contributed by atoms with Gasteiger partial charge in [-0.2, -0.15) is 0 Å². The average molecular weight is 467 g/mol. The van der Waals surface area contributed by atoms with Crippen LogP contribution in [0.25, 0.3) is 0 Å². The zero-order valence-electron chi connectivity index (χ0n) is 18.4. The summed E-state index contributed by atoms with van der Waals surface area (Å²) in [6, 6.07) is 18.2. The van der Waals surface area contributed by atoms with E-state index >= 15 is 0 Å². The highest BCUT2D eigenvalue weighted by atomic mass is 32.2. The minimum atomic E-state index is -1.60. The number of benzene rings is 2. The zero-order chi connectivity index (χ0) is 23.6. The molecule has 8 nitrogen and oxygen atoms in total. The Morgan fingerprint density at radius 2 is 1.67 bits per heavy atom. The Morgan fingerprint density at radius 1 is 1.09 bits per heavy atom. The summed E-state index contributed by atoms with van der Waals surface area (Å²) in [4.78, 5) is 39.7. The molecular weight excluding hydrogens is 440 g/mol. The Morgan fingerprint density at radius 3 is 2.21 bits per heavy atom. The predicted molar refractivity (Wildman–Crippen MR) is 126 cm³/mol. The molecule has 0 saturated carbocycles. The fraction of sp³-hybridized carbons (Fsp3) is 0.292. The second-order valence-corrected chi connectivity index (χ2v) is 9.29. The lowest BCUT2D eigenvalue weighted by molar-refractivity contribution is -0.159. The SMILES string of the molecule is CC(C)NC(=O)NC1(N)C(=O)N2C(C(=O)OC(c3ccccc3)c3ccccc3)=CCS[C@H]21. The molecule has 33 heavy (non-hydrogen) atoms. The molecule has 4 rings (SSSR count). The van der Waals surface area contributed by atoms with Crippen molar-refractivity contribution in [2.24, 2.45) is 5.73 Å². The molecule has 2 atom stereocenters. The molecule has 2 aliphatic heterocycles. The fourth-order valence-electron chi connectivity index (χ4n) is 3.84. The number of amides is 3. The first-order chi connectivity index (χ1) is 15.8. The van der Waals surface area contributed by atoms with Crippen molar-refractivity contribution in [2.45, 2.75) is 37.0 Å². The predicted octanol–water partition coefficient (Wildman–Crippen LogP) is 2.48. The molecule has 1 saturated heterocycles. The molecule has 2 aromatic rings. The van der Waals surface area contributed by atoms with Crippen LogP contribution in [0.4, 0.5) is 4.79 Å². The zero-order valence-corrected chi connectivity index (χ0v) is 19.2. The van der Waals surface area contributed by atoms with Crippen LogP contribution in [0, 0.1) is 0 Å². The van der Waals surface area contributed by atoms with Gasteiger partial charge in [0.15, 0.2) is 6.10 Å². The van der Waals surface area contributed by atoms with E-state index in [-0.39, 0.29) is 11.7 Å². The number of esters is 1. The van der Waals surface area contributed by atoms with Gasteiger partial charge in [0.05, 0.1) is 0 Å². The molecule has 0 bridgehead atoms. The highest BCUT2D eigenvalue weighted by Crippen LogP contribution is 2.42. The standard InChI is InChI=1S/C24H26N4O4S/c1-15(2)26-23(31)27-24(25)21(30)28-18(13-14-33-22(24)28)20(29)32-19(16-9-5-3-6-10-16)17-11-7-4-8-12-17/h3-13,15,19,22H,14,25H2,1-2H3,(H2,26,27,31)/t22-,24?/m0/s1. The number of nitrogens with two attached hydrogens (primary N) is 1. The number of hydrogen-bond donors (Lipinski definition) is 3. The molecule has 4 N–H and O–H groups in total. The summed E-state index contributed by atoms with van der Waals surface area (Å²) >= 11 is 1.37. The minimum Gasteiger partial charge on any atom is -0.448 e. The van der Waals surface area contributed by atoms with Crippen LogP contribution in [0.5, 0.6) is 0 Å². The van der Waals surface area contributed by atoms with Crippen LogP contribution in [-0.2, 0) is 14.3 Å². The number of carbonyl (C=O) groups is 3. The van der Waals surface area contributed by atoms with E-state index in [0.29, 0.717) is 5.75 Å². The maximum Gasteiger partial charge on any atom is 0.355 e. The van der Waals surface area contributed by atoms with Crippen LogP contribution in [0.3, 0.4) is 0 Å². The van der Waals surface area contributed by atoms with Gasteiger partial charge in [0.1, 0.15) is 11.1 Å². The third-order valence-electron chi connectivity index (χ3n) is 5.37. The van der Waals surface area contributed by atoms with E-state index < -0.39 is 35.0 Å². The molecule has 0 spiro atoms. The minimum absolute atomic E-state index is 0.114. The normalized spacial score (nSPS) is 21.7. The second-order valence-electron chi connectivity index (χ2n) is 8.18. The van der Waals surface area contributed by atoms with Gasteiger partial charge in [0, 0.05) is 11.8 Å². The summed E-state index contributed by atoms with van der Waals surface area (Å²) in [6.07, 6.45) is 1.02. The summed E-state index contributed by atoms with van der Waals surface area (Å²) in [7, 11) is 0. The molecule has 2 heterocycles.